The van der Waals surface area contributed by atoms with Gasteiger partial charge in [0.2, 0.25) is 0 Å². The number of nitrogens with zero attached hydrogens (tertiary/aromatic N) is 2. The average molecular weight is 318 g/mol. The van der Waals surface area contributed by atoms with Crippen molar-refractivity contribution < 1.29 is 15.0 Å². The van der Waals surface area contributed by atoms with E-state index in [1.807, 2.05) is 24.4 Å². The maximum absolute atomic E-state index is 10.2. The summed E-state index contributed by atoms with van der Waals surface area (Å²) in [5.74, 6) is -1.06. The van der Waals surface area contributed by atoms with E-state index in [9.17, 15) is 4.79 Å². The predicted molar refractivity (Wildman–Crippen MR) is 92.1 cm³/mol. The van der Waals surface area contributed by atoms with Gasteiger partial charge in [0.15, 0.2) is 0 Å². The molecule has 0 unspecified atom stereocenters. The average Bonchev–Trinajstić information content (AvgIpc) is 2.62. The number of carboxylic acids is 1. The van der Waals surface area contributed by atoms with Crippen molar-refractivity contribution in [2.45, 2.75) is 0 Å². The lowest BCUT2D eigenvalue weighted by Gasteiger charge is -2.00. The van der Waals surface area contributed by atoms with Crippen LogP contribution >= 0.6 is 0 Å². The van der Waals surface area contributed by atoms with Crippen LogP contribution in [0.1, 0.15) is 10.4 Å². The lowest BCUT2D eigenvalue weighted by molar-refractivity contribution is 0.0696. The molecule has 4 aromatic rings. The lowest BCUT2D eigenvalue weighted by Crippen LogP contribution is -1.94. The molecule has 0 aliphatic rings. The number of hydrogen-bond donors (Lipinski definition) is 2. The van der Waals surface area contributed by atoms with E-state index in [1.165, 1.54) is 24.3 Å². The molecule has 0 aliphatic carbocycles. The molecule has 0 amide bonds. The second-order valence-electron chi connectivity index (χ2n) is 5.07. The van der Waals surface area contributed by atoms with Crippen LogP contribution < -0.4 is 0 Å². The first-order valence-electron chi connectivity index (χ1n) is 7.26. The molecule has 4 rings (SSSR count). The van der Waals surface area contributed by atoms with Crippen molar-refractivity contribution in [3.63, 3.8) is 0 Å². The van der Waals surface area contributed by atoms with Gasteiger partial charge < -0.3 is 10.2 Å². The standard InChI is InChI=1S/C12H8N2.C7H6O3/c1-3-9-5-6-11-10(4-2-7-13-11)12(9)14-8-1;8-6-3-1-2-5(4-6)7(9)10/h1-8H;1-4,8H,(H,9,10). The molecule has 2 aromatic heterocycles. The second-order valence-corrected chi connectivity index (χ2v) is 5.07. The number of aromatic nitrogens is 2. The molecule has 0 spiro atoms. The number of carbonyl (C=O) groups is 1. The summed E-state index contributed by atoms with van der Waals surface area (Å²) < 4.78 is 0. The Hall–Kier alpha value is -3.47. The van der Waals surface area contributed by atoms with Crippen LogP contribution in [0.2, 0.25) is 0 Å². The van der Waals surface area contributed by atoms with Crippen molar-refractivity contribution in [3.05, 3.63) is 78.6 Å². The first kappa shape index (κ1) is 15.4. The first-order valence-corrected chi connectivity index (χ1v) is 7.26. The van der Waals surface area contributed by atoms with E-state index in [-0.39, 0.29) is 11.3 Å². The van der Waals surface area contributed by atoms with Crippen LogP contribution in [0.15, 0.2) is 73.1 Å². The minimum absolute atomic E-state index is 0.0279. The molecule has 118 valence electrons. The van der Waals surface area contributed by atoms with E-state index in [1.54, 1.807) is 6.20 Å². The molecular weight excluding hydrogens is 304 g/mol. The minimum Gasteiger partial charge on any atom is -0.508 e. The molecule has 0 saturated heterocycles. The Kier molecular flexibility index (Phi) is 4.34. The summed E-state index contributed by atoms with van der Waals surface area (Å²) in [6.07, 6.45) is 3.62. The highest BCUT2D eigenvalue weighted by molar-refractivity contribution is 6.03. The van der Waals surface area contributed by atoms with Crippen molar-refractivity contribution in [3.8, 4) is 5.75 Å². The maximum Gasteiger partial charge on any atom is 0.335 e. The van der Waals surface area contributed by atoms with Gasteiger partial charge in [0.1, 0.15) is 5.75 Å². The third kappa shape index (κ3) is 3.30. The van der Waals surface area contributed by atoms with Gasteiger partial charge in [0.25, 0.3) is 0 Å². The molecule has 2 aromatic carbocycles. The number of phenols is 1. The fourth-order valence-electron chi connectivity index (χ4n) is 2.34. The van der Waals surface area contributed by atoms with Gasteiger partial charge in [0, 0.05) is 23.2 Å². The van der Waals surface area contributed by atoms with Crippen LogP contribution in [0.3, 0.4) is 0 Å². The van der Waals surface area contributed by atoms with E-state index >= 15 is 0 Å². The van der Waals surface area contributed by atoms with Gasteiger partial charge >= 0.3 is 5.97 Å². The SMILES string of the molecule is O=C(O)c1cccc(O)c1.c1cnc2c(c1)ccc1ncccc12. The molecule has 0 saturated carbocycles. The molecule has 0 radical (unpaired) electrons. The third-order valence-corrected chi connectivity index (χ3v) is 3.45. The quantitative estimate of drug-likeness (QED) is 0.520. The Labute approximate surface area is 137 Å². The van der Waals surface area contributed by atoms with Crippen LogP contribution in [0.4, 0.5) is 0 Å². The molecule has 2 N–H and O–H groups in total. The molecular formula is C19H14N2O3. The fraction of sp³-hybridized carbons (Fsp3) is 0. The Morgan fingerprint density at radius 3 is 2.42 bits per heavy atom. The van der Waals surface area contributed by atoms with E-state index in [2.05, 4.69) is 28.2 Å². The Morgan fingerprint density at radius 2 is 1.67 bits per heavy atom. The maximum atomic E-state index is 10.2. The largest absolute Gasteiger partial charge is 0.508 e. The number of aromatic carboxylic acids is 1. The zero-order valence-corrected chi connectivity index (χ0v) is 12.6. The number of fused-ring (bicyclic) bond motifs is 3. The molecule has 0 atom stereocenters. The van der Waals surface area contributed by atoms with Gasteiger partial charge in [-0.25, -0.2) is 4.79 Å². The normalized spacial score (nSPS) is 10.2. The number of benzene rings is 2. The van der Waals surface area contributed by atoms with E-state index in [0.29, 0.717) is 0 Å². The van der Waals surface area contributed by atoms with Crippen LogP contribution in [0.25, 0.3) is 21.8 Å². The number of phenolic OH excluding ortho intramolecular Hbond substituents is 1. The van der Waals surface area contributed by atoms with Crippen molar-refractivity contribution in [2.75, 3.05) is 0 Å². The van der Waals surface area contributed by atoms with Gasteiger partial charge in [0.05, 0.1) is 16.6 Å². The van der Waals surface area contributed by atoms with Crippen LogP contribution in [0, 0.1) is 0 Å². The number of hydrogen-bond acceptors (Lipinski definition) is 4. The highest BCUT2D eigenvalue weighted by Crippen LogP contribution is 2.20. The summed E-state index contributed by atoms with van der Waals surface area (Å²) in [5, 5.41) is 19.5. The van der Waals surface area contributed by atoms with Gasteiger partial charge in [-0.1, -0.05) is 18.2 Å². The number of aromatic hydroxyl groups is 1. The van der Waals surface area contributed by atoms with Crippen LogP contribution in [0.5, 0.6) is 5.75 Å². The fourth-order valence-corrected chi connectivity index (χ4v) is 2.34. The summed E-state index contributed by atoms with van der Waals surface area (Å²) in [4.78, 5) is 18.9. The smallest absolute Gasteiger partial charge is 0.335 e. The Morgan fingerprint density at radius 1 is 0.875 bits per heavy atom. The lowest BCUT2D eigenvalue weighted by atomic mass is 10.1. The summed E-state index contributed by atoms with van der Waals surface area (Å²) in [6.45, 7) is 0. The van der Waals surface area contributed by atoms with Gasteiger partial charge in [-0.2, -0.15) is 0 Å². The number of rotatable bonds is 1. The monoisotopic (exact) mass is 318 g/mol. The summed E-state index contributed by atoms with van der Waals surface area (Å²) >= 11 is 0. The summed E-state index contributed by atoms with van der Waals surface area (Å²) in [7, 11) is 0. The molecule has 0 fully saturated rings. The summed E-state index contributed by atoms with van der Waals surface area (Å²) in [5.41, 5.74) is 2.12. The molecule has 2 heterocycles. The van der Waals surface area contributed by atoms with Gasteiger partial charge in [-0.05, 0) is 42.5 Å². The van der Waals surface area contributed by atoms with Crippen LogP contribution in [-0.2, 0) is 0 Å². The second kappa shape index (κ2) is 6.75. The first-order chi connectivity index (χ1) is 11.6. The highest BCUT2D eigenvalue weighted by atomic mass is 16.4. The zero-order valence-electron chi connectivity index (χ0n) is 12.6. The molecule has 24 heavy (non-hydrogen) atoms. The van der Waals surface area contributed by atoms with Crippen molar-refractivity contribution in [1.82, 2.24) is 9.97 Å². The van der Waals surface area contributed by atoms with Gasteiger partial charge in [-0.3, -0.25) is 9.97 Å². The van der Waals surface area contributed by atoms with E-state index in [4.69, 9.17) is 10.2 Å². The van der Waals surface area contributed by atoms with E-state index in [0.717, 1.165) is 21.8 Å². The van der Waals surface area contributed by atoms with Crippen LogP contribution in [-0.4, -0.2) is 26.2 Å². The van der Waals surface area contributed by atoms with Crippen molar-refractivity contribution >= 4 is 27.8 Å². The molecule has 5 nitrogen and oxygen atoms in total. The topological polar surface area (TPSA) is 83.3 Å². The zero-order chi connectivity index (χ0) is 16.9. The van der Waals surface area contributed by atoms with E-state index < -0.39 is 5.97 Å². The Balaban J connectivity index is 0.000000150. The Bertz CT molecular complexity index is 960. The predicted octanol–water partition coefficient (Wildman–Crippen LogP) is 3.87. The van der Waals surface area contributed by atoms with Crippen molar-refractivity contribution in [1.29, 1.82) is 0 Å². The number of carboxylic acid groups (broad SMARTS) is 1. The van der Waals surface area contributed by atoms with Gasteiger partial charge in [-0.15, -0.1) is 0 Å². The molecule has 5 heteroatoms. The number of pyridine rings is 2. The molecule has 0 bridgehead atoms. The highest BCUT2D eigenvalue weighted by Gasteiger charge is 2.01. The summed E-state index contributed by atoms with van der Waals surface area (Å²) in [6, 6.07) is 17.6. The van der Waals surface area contributed by atoms with Crippen molar-refractivity contribution in [2.24, 2.45) is 0 Å². The molecule has 0 aliphatic heterocycles. The minimum atomic E-state index is -1.03. The third-order valence-electron chi connectivity index (χ3n) is 3.45.